The van der Waals surface area contributed by atoms with Crippen molar-refractivity contribution in [3.05, 3.63) is 0 Å². The molecule has 1 rings (SSSR count). The van der Waals surface area contributed by atoms with E-state index in [2.05, 4.69) is 0 Å². The van der Waals surface area contributed by atoms with Crippen LogP contribution in [0.15, 0.2) is 0 Å². The Balaban J connectivity index is 2.53. The fourth-order valence-corrected chi connectivity index (χ4v) is 5.74. The van der Waals surface area contributed by atoms with Crippen LogP contribution >= 0.6 is 0 Å². The third kappa shape index (κ3) is 5.45. The summed E-state index contributed by atoms with van der Waals surface area (Å²) in [6, 6.07) is 0. The highest BCUT2D eigenvalue weighted by Crippen LogP contribution is 2.29. The van der Waals surface area contributed by atoms with Crippen LogP contribution in [0, 0.1) is 5.92 Å². The third-order valence-electron chi connectivity index (χ3n) is 4.10. The van der Waals surface area contributed by atoms with E-state index < -0.39 is 8.80 Å². The average Bonchev–Trinajstić information content (AvgIpc) is 2.46. The fraction of sp³-hybridized carbons (Fsp3) is 1.00. The van der Waals surface area contributed by atoms with Gasteiger partial charge in [-0.15, -0.1) is 0 Å². The second kappa shape index (κ2) is 9.90. The maximum absolute atomic E-state index is 6.42. The topological polar surface area (TPSA) is 53.7 Å². The van der Waals surface area contributed by atoms with Gasteiger partial charge in [0.15, 0.2) is 0 Å². The zero-order valence-corrected chi connectivity index (χ0v) is 14.5. The van der Waals surface area contributed by atoms with Gasteiger partial charge in [0.1, 0.15) is 0 Å². The van der Waals surface area contributed by atoms with Crippen molar-refractivity contribution in [3.63, 3.8) is 0 Å². The first-order valence-corrected chi connectivity index (χ1v) is 10.2. The Morgan fingerprint density at radius 2 is 1.45 bits per heavy atom. The second-order valence-electron chi connectivity index (χ2n) is 5.59. The number of hydrogen-bond acceptors (Lipinski definition) is 4. The summed E-state index contributed by atoms with van der Waals surface area (Å²) < 4.78 is 17.6. The molecule has 5 heteroatoms. The predicted molar refractivity (Wildman–Crippen MR) is 84.4 cm³/mol. The maximum atomic E-state index is 6.42. The summed E-state index contributed by atoms with van der Waals surface area (Å²) in [7, 11) is -2.71. The molecule has 1 aliphatic rings. The molecule has 1 atom stereocenters. The quantitative estimate of drug-likeness (QED) is 0.629. The van der Waals surface area contributed by atoms with Crippen molar-refractivity contribution in [2.24, 2.45) is 11.7 Å². The lowest BCUT2D eigenvalue weighted by Gasteiger charge is -2.34. The van der Waals surface area contributed by atoms with Gasteiger partial charge in [-0.2, -0.15) is 0 Å². The largest absolute Gasteiger partial charge is 0.518 e. The summed E-state index contributed by atoms with van der Waals surface area (Å²) >= 11 is 0. The van der Waals surface area contributed by atoms with E-state index in [1.165, 1.54) is 38.5 Å². The Morgan fingerprint density at radius 1 is 0.950 bits per heavy atom. The van der Waals surface area contributed by atoms with E-state index in [9.17, 15) is 0 Å². The van der Waals surface area contributed by atoms with E-state index >= 15 is 0 Å². The monoisotopic (exact) mass is 303 g/mol. The van der Waals surface area contributed by atoms with Crippen LogP contribution in [0.1, 0.15) is 65.7 Å². The van der Waals surface area contributed by atoms with Gasteiger partial charge in [-0.05, 0) is 39.5 Å². The molecule has 4 nitrogen and oxygen atoms in total. The normalized spacial score (nSPS) is 19.2. The molecule has 1 aliphatic carbocycles. The molecule has 0 aromatic heterocycles. The molecule has 0 aromatic carbocycles. The Morgan fingerprint density at radius 3 is 1.90 bits per heavy atom. The van der Waals surface area contributed by atoms with E-state index in [0.717, 1.165) is 12.3 Å². The summed E-state index contributed by atoms with van der Waals surface area (Å²) in [6.07, 6.45) is 9.02. The third-order valence-corrected chi connectivity index (χ3v) is 7.37. The summed E-state index contributed by atoms with van der Waals surface area (Å²) in [5.41, 5.74) is 6.32. The van der Waals surface area contributed by atoms with Gasteiger partial charge in [-0.3, -0.25) is 0 Å². The minimum Gasteiger partial charge on any atom is -0.373 e. The Labute approximate surface area is 125 Å². The zero-order chi connectivity index (χ0) is 14.8. The van der Waals surface area contributed by atoms with Crippen molar-refractivity contribution in [1.29, 1.82) is 0 Å². The van der Waals surface area contributed by atoms with Gasteiger partial charge < -0.3 is 19.0 Å². The van der Waals surface area contributed by atoms with E-state index in [-0.39, 0.29) is 5.67 Å². The SMILES string of the molecule is CCO[Si](OCC)(OCC)C(N)CCC1CCCCC1. The molecule has 1 saturated carbocycles. The molecule has 0 spiro atoms. The molecular weight excluding hydrogens is 270 g/mol. The summed E-state index contributed by atoms with van der Waals surface area (Å²) in [4.78, 5) is 0. The van der Waals surface area contributed by atoms with E-state index in [1.54, 1.807) is 0 Å². The van der Waals surface area contributed by atoms with Crippen LogP contribution in [0.5, 0.6) is 0 Å². The van der Waals surface area contributed by atoms with Crippen molar-refractivity contribution in [2.75, 3.05) is 19.8 Å². The first-order chi connectivity index (χ1) is 9.68. The lowest BCUT2D eigenvalue weighted by Crippen LogP contribution is -2.60. The van der Waals surface area contributed by atoms with Crippen LogP contribution in [-0.4, -0.2) is 34.3 Å². The van der Waals surface area contributed by atoms with Gasteiger partial charge in [0.05, 0.1) is 5.67 Å². The highest BCUT2D eigenvalue weighted by molar-refractivity contribution is 6.62. The van der Waals surface area contributed by atoms with Crippen LogP contribution in [0.2, 0.25) is 0 Å². The molecule has 2 N–H and O–H groups in total. The first kappa shape index (κ1) is 18.1. The molecule has 0 heterocycles. The molecular formula is C15H33NO3Si. The number of nitrogens with two attached hydrogens (primary N) is 1. The van der Waals surface area contributed by atoms with Gasteiger partial charge >= 0.3 is 8.80 Å². The van der Waals surface area contributed by atoms with Crippen molar-refractivity contribution >= 4 is 8.80 Å². The van der Waals surface area contributed by atoms with Crippen LogP contribution in [0.25, 0.3) is 0 Å². The lowest BCUT2D eigenvalue weighted by molar-refractivity contribution is 0.0604. The Kier molecular flexibility index (Phi) is 8.96. The van der Waals surface area contributed by atoms with E-state index in [4.69, 9.17) is 19.0 Å². The molecule has 0 saturated heterocycles. The van der Waals surface area contributed by atoms with Crippen molar-refractivity contribution < 1.29 is 13.3 Å². The summed E-state index contributed by atoms with van der Waals surface area (Å²) in [5, 5.41) is 0. The van der Waals surface area contributed by atoms with E-state index in [0.29, 0.717) is 19.8 Å². The number of hydrogen-bond donors (Lipinski definition) is 1. The highest BCUT2D eigenvalue weighted by Gasteiger charge is 2.47. The van der Waals surface area contributed by atoms with E-state index in [1.807, 2.05) is 20.8 Å². The first-order valence-electron chi connectivity index (χ1n) is 8.35. The van der Waals surface area contributed by atoms with Gasteiger partial charge in [0.2, 0.25) is 0 Å². The molecule has 0 bridgehead atoms. The van der Waals surface area contributed by atoms with Gasteiger partial charge in [0.25, 0.3) is 0 Å². The summed E-state index contributed by atoms with van der Waals surface area (Å²) in [6.45, 7) is 7.74. The molecule has 0 radical (unpaired) electrons. The minimum absolute atomic E-state index is 0.0933. The predicted octanol–water partition coefficient (Wildman–Crippen LogP) is 3.26. The smallest absolute Gasteiger partial charge is 0.373 e. The fourth-order valence-electron chi connectivity index (χ4n) is 3.12. The van der Waals surface area contributed by atoms with Gasteiger partial charge in [-0.25, -0.2) is 0 Å². The molecule has 0 aliphatic heterocycles. The standard InChI is InChI=1S/C15H33NO3Si/c1-4-17-20(18-5-2,19-6-3)15(16)13-12-14-10-8-7-9-11-14/h14-15H,4-13,16H2,1-3H3. The van der Waals surface area contributed by atoms with Crippen molar-refractivity contribution in [1.82, 2.24) is 0 Å². The van der Waals surface area contributed by atoms with Crippen LogP contribution in [0.4, 0.5) is 0 Å². The molecule has 120 valence electrons. The summed E-state index contributed by atoms with van der Waals surface area (Å²) in [5.74, 6) is 0.839. The Bertz CT molecular complexity index is 230. The van der Waals surface area contributed by atoms with Crippen molar-refractivity contribution in [3.8, 4) is 0 Å². The zero-order valence-electron chi connectivity index (χ0n) is 13.5. The average molecular weight is 304 g/mol. The molecule has 1 unspecified atom stereocenters. The number of rotatable bonds is 10. The van der Waals surface area contributed by atoms with Crippen LogP contribution < -0.4 is 5.73 Å². The molecule has 0 aromatic rings. The minimum atomic E-state index is -2.71. The highest BCUT2D eigenvalue weighted by atomic mass is 28.4. The van der Waals surface area contributed by atoms with Crippen LogP contribution in [0.3, 0.4) is 0 Å². The van der Waals surface area contributed by atoms with Gasteiger partial charge in [0, 0.05) is 19.8 Å². The Hall–Kier alpha value is 0.0569. The maximum Gasteiger partial charge on any atom is 0.518 e. The second-order valence-corrected chi connectivity index (χ2v) is 8.41. The molecule has 1 fully saturated rings. The lowest BCUT2D eigenvalue weighted by atomic mass is 9.86. The molecule has 20 heavy (non-hydrogen) atoms. The van der Waals surface area contributed by atoms with Crippen molar-refractivity contribution in [2.45, 2.75) is 71.4 Å². The van der Waals surface area contributed by atoms with Gasteiger partial charge in [-0.1, -0.05) is 32.1 Å². The molecule has 0 amide bonds. The van der Waals surface area contributed by atoms with Crippen LogP contribution in [-0.2, 0) is 13.3 Å².